The second kappa shape index (κ2) is 15.3. The number of halogens is 2. The van der Waals surface area contributed by atoms with Crippen LogP contribution in [0.25, 0.3) is 6.08 Å². The molecule has 1 aliphatic rings. The summed E-state index contributed by atoms with van der Waals surface area (Å²) in [6.45, 7) is 0. The summed E-state index contributed by atoms with van der Waals surface area (Å²) < 4.78 is 16.3. The number of carbonyl (C=O) groups is 4. The van der Waals surface area contributed by atoms with E-state index in [4.69, 9.17) is 37.4 Å². The molecule has 1 saturated heterocycles. The molecule has 0 radical (unpaired) electrons. The first-order valence-corrected chi connectivity index (χ1v) is 16.0. The van der Waals surface area contributed by atoms with Crippen molar-refractivity contribution in [3.63, 3.8) is 0 Å². The average molecular weight is 707 g/mol. The van der Waals surface area contributed by atoms with Gasteiger partial charge in [0.1, 0.15) is 5.70 Å². The van der Waals surface area contributed by atoms with Crippen molar-refractivity contribution in [1.29, 1.82) is 0 Å². The molecule has 1 aliphatic heterocycles. The number of carbonyl (C=O) groups excluding carboxylic acids is 4. The van der Waals surface area contributed by atoms with Crippen LogP contribution in [0.3, 0.4) is 0 Å². The first-order valence-electron chi connectivity index (χ1n) is 14.4. The van der Waals surface area contributed by atoms with Crippen LogP contribution >= 0.6 is 35.0 Å². The van der Waals surface area contributed by atoms with Crippen molar-refractivity contribution >= 4 is 76.0 Å². The number of benzene rings is 4. The van der Waals surface area contributed by atoms with Crippen molar-refractivity contribution in [3.8, 4) is 17.2 Å². The summed E-state index contributed by atoms with van der Waals surface area (Å²) in [6, 6.07) is 23.1. The Morgan fingerprint density at radius 2 is 1.58 bits per heavy atom. The number of thioether (sulfide) groups is 1. The van der Waals surface area contributed by atoms with E-state index in [0.29, 0.717) is 44.0 Å². The van der Waals surface area contributed by atoms with E-state index in [1.807, 2.05) is 0 Å². The molecule has 10 nitrogen and oxygen atoms in total. The molecule has 13 heteroatoms. The van der Waals surface area contributed by atoms with E-state index in [1.54, 1.807) is 72.8 Å². The summed E-state index contributed by atoms with van der Waals surface area (Å²) >= 11 is 13.5. The minimum Gasteiger partial charge on any atom is -0.493 e. The minimum absolute atomic E-state index is 0.0455. The molecule has 5 rings (SSSR count). The molecule has 0 aliphatic carbocycles. The quantitative estimate of drug-likeness (QED) is 0.128. The van der Waals surface area contributed by atoms with Gasteiger partial charge in [0.2, 0.25) is 17.6 Å². The lowest BCUT2D eigenvalue weighted by Gasteiger charge is -2.17. The third-order valence-electron chi connectivity index (χ3n) is 7.15. The number of amides is 4. The largest absolute Gasteiger partial charge is 0.493 e. The molecule has 0 bridgehead atoms. The second-order valence-corrected chi connectivity index (χ2v) is 12.4. The van der Waals surface area contributed by atoms with Crippen LogP contribution in [0.1, 0.15) is 22.3 Å². The smallest absolute Gasteiger partial charge is 0.272 e. The number of nitrogens with zero attached hydrogens (tertiary/aromatic N) is 1. The van der Waals surface area contributed by atoms with Gasteiger partial charge in [-0.1, -0.05) is 47.5 Å². The van der Waals surface area contributed by atoms with Gasteiger partial charge in [-0.15, -0.1) is 11.8 Å². The van der Waals surface area contributed by atoms with E-state index in [1.165, 1.54) is 51.3 Å². The van der Waals surface area contributed by atoms with Crippen molar-refractivity contribution in [1.82, 2.24) is 5.32 Å². The van der Waals surface area contributed by atoms with Crippen LogP contribution in [0.15, 0.2) is 95.5 Å². The standard InChI is InChI=1S/C35H29Cl2N3O7S/c1-45-28-15-20(16-29(46-2)32(28)47-3)14-26(39-33(42)21-8-5-4-6-9-21)34(43)38-23-10-7-11-24(18-23)48-30-19-31(41)40(35(30)44)27-17-22(36)12-13-25(27)37/h4-18,30H,19H2,1-3H3,(H,38,43)(H,39,42)/b26-14-. The minimum atomic E-state index is -0.723. The second-order valence-electron chi connectivity index (χ2n) is 10.3. The first kappa shape index (κ1) is 34.4. The molecule has 4 aromatic rings. The third kappa shape index (κ3) is 7.76. The number of methoxy groups -OCH3 is 3. The van der Waals surface area contributed by atoms with Gasteiger partial charge in [0.15, 0.2) is 11.5 Å². The maximum Gasteiger partial charge on any atom is 0.272 e. The van der Waals surface area contributed by atoms with E-state index in [9.17, 15) is 19.2 Å². The molecular weight excluding hydrogens is 677 g/mol. The molecule has 246 valence electrons. The van der Waals surface area contributed by atoms with Gasteiger partial charge in [-0.25, -0.2) is 4.90 Å². The van der Waals surface area contributed by atoms with Crippen molar-refractivity contribution in [2.45, 2.75) is 16.6 Å². The fourth-order valence-electron chi connectivity index (χ4n) is 4.91. The molecule has 1 heterocycles. The van der Waals surface area contributed by atoms with Crippen LogP contribution in [-0.4, -0.2) is 50.2 Å². The predicted molar refractivity (Wildman–Crippen MR) is 186 cm³/mol. The monoisotopic (exact) mass is 705 g/mol. The van der Waals surface area contributed by atoms with Gasteiger partial charge in [0.25, 0.3) is 11.8 Å². The Balaban J connectivity index is 1.39. The summed E-state index contributed by atoms with van der Waals surface area (Å²) in [5.41, 5.74) is 1.39. The molecule has 4 aromatic carbocycles. The van der Waals surface area contributed by atoms with Crippen molar-refractivity contribution in [2.24, 2.45) is 0 Å². The Morgan fingerprint density at radius 1 is 0.875 bits per heavy atom. The number of rotatable bonds is 11. The lowest BCUT2D eigenvalue weighted by Crippen LogP contribution is -2.31. The number of hydrogen-bond donors (Lipinski definition) is 2. The maximum atomic E-state index is 13.7. The molecular formula is C35H29Cl2N3O7S. The van der Waals surface area contributed by atoms with Crippen molar-refractivity contribution in [2.75, 3.05) is 31.5 Å². The van der Waals surface area contributed by atoms with E-state index in [-0.39, 0.29) is 22.8 Å². The number of imide groups is 1. The highest BCUT2D eigenvalue weighted by atomic mass is 35.5. The van der Waals surface area contributed by atoms with Crippen LogP contribution in [0.5, 0.6) is 17.2 Å². The zero-order valence-corrected chi connectivity index (χ0v) is 28.2. The van der Waals surface area contributed by atoms with Gasteiger partial charge in [-0.05, 0) is 72.3 Å². The summed E-state index contributed by atoms with van der Waals surface area (Å²) in [7, 11) is 4.42. The molecule has 48 heavy (non-hydrogen) atoms. The van der Waals surface area contributed by atoms with Crippen LogP contribution in [-0.2, 0) is 14.4 Å². The molecule has 1 unspecified atom stereocenters. The van der Waals surface area contributed by atoms with Crippen LogP contribution < -0.4 is 29.7 Å². The fraction of sp³-hybridized carbons (Fsp3) is 0.143. The molecule has 1 atom stereocenters. The zero-order chi connectivity index (χ0) is 34.4. The normalized spacial score (nSPS) is 14.5. The molecule has 1 fully saturated rings. The molecule has 0 aromatic heterocycles. The number of anilines is 2. The van der Waals surface area contributed by atoms with Gasteiger partial charge in [-0.3, -0.25) is 19.2 Å². The molecule has 4 amide bonds. The average Bonchev–Trinajstić information content (AvgIpc) is 3.36. The SMILES string of the molecule is COc1cc(/C=C(\NC(=O)c2ccccc2)C(=O)Nc2cccc(SC3CC(=O)N(c4cc(Cl)ccc4Cl)C3=O)c2)cc(OC)c1OC. The molecule has 2 N–H and O–H groups in total. The highest BCUT2D eigenvalue weighted by molar-refractivity contribution is 8.00. The fourth-order valence-corrected chi connectivity index (χ4v) is 6.39. The van der Waals surface area contributed by atoms with Gasteiger partial charge >= 0.3 is 0 Å². The van der Waals surface area contributed by atoms with Gasteiger partial charge in [0.05, 0.1) is 37.3 Å². The maximum absolute atomic E-state index is 13.7. The lowest BCUT2D eigenvalue weighted by molar-refractivity contribution is -0.121. The molecule has 0 saturated carbocycles. The van der Waals surface area contributed by atoms with Crippen LogP contribution in [0.4, 0.5) is 11.4 Å². The van der Waals surface area contributed by atoms with Crippen molar-refractivity contribution < 1.29 is 33.4 Å². The lowest BCUT2D eigenvalue weighted by atomic mass is 10.1. The number of nitrogens with one attached hydrogen (secondary N) is 2. The third-order valence-corrected chi connectivity index (χ3v) is 8.89. The van der Waals surface area contributed by atoms with Gasteiger partial charge in [-0.2, -0.15) is 0 Å². The number of hydrogen-bond acceptors (Lipinski definition) is 8. The Kier molecular flexibility index (Phi) is 10.9. The van der Waals surface area contributed by atoms with E-state index >= 15 is 0 Å². The van der Waals surface area contributed by atoms with E-state index < -0.39 is 28.9 Å². The predicted octanol–water partition coefficient (Wildman–Crippen LogP) is 6.85. The highest BCUT2D eigenvalue weighted by Crippen LogP contribution is 2.40. The van der Waals surface area contributed by atoms with Crippen LogP contribution in [0.2, 0.25) is 10.0 Å². The summed E-state index contributed by atoms with van der Waals surface area (Å²) in [6.07, 6.45) is 1.44. The summed E-state index contributed by atoms with van der Waals surface area (Å²) in [4.78, 5) is 54.7. The zero-order valence-electron chi connectivity index (χ0n) is 25.9. The first-order chi connectivity index (χ1) is 23.1. The molecule has 0 spiro atoms. The van der Waals surface area contributed by atoms with E-state index in [0.717, 1.165) is 4.90 Å². The number of ether oxygens (including phenoxy) is 3. The summed E-state index contributed by atoms with van der Waals surface area (Å²) in [5, 5.41) is 5.36. The highest BCUT2D eigenvalue weighted by Gasteiger charge is 2.41. The Bertz CT molecular complexity index is 1890. The van der Waals surface area contributed by atoms with Crippen molar-refractivity contribution in [3.05, 3.63) is 112 Å². The summed E-state index contributed by atoms with van der Waals surface area (Å²) in [5.74, 6) is -0.862. The van der Waals surface area contributed by atoms with Gasteiger partial charge in [0, 0.05) is 27.6 Å². The Labute approximate surface area is 290 Å². The Hall–Kier alpha value is -4.97. The van der Waals surface area contributed by atoms with Gasteiger partial charge < -0.3 is 24.8 Å². The Morgan fingerprint density at radius 3 is 2.25 bits per heavy atom. The topological polar surface area (TPSA) is 123 Å². The van der Waals surface area contributed by atoms with E-state index in [2.05, 4.69) is 10.6 Å². The van der Waals surface area contributed by atoms with Crippen LogP contribution in [0, 0.1) is 0 Å².